The molecule has 0 radical (unpaired) electrons. The van der Waals surface area contributed by atoms with Crippen molar-refractivity contribution in [2.24, 2.45) is 0 Å². The van der Waals surface area contributed by atoms with Gasteiger partial charge >= 0.3 is 0 Å². The molecule has 2 nitrogen and oxygen atoms in total. The number of benzene rings is 1. The van der Waals surface area contributed by atoms with Gasteiger partial charge in [-0.25, -0.2) is 4.39 Å². The molecule has 86 valence electrons. The lowest BCUT2D eigenvalue weighted by molar-refractivity contribution is 0.0937. The van der Waals surface area contributed by atoms with Gasteiger partial charge in [0, 0.05) is 16.3 Å². The van der Waals surface area contributed by atoms with E-state index in [0.717, 1.165) is 17.9 Å². The zero-order valence-corrected chi connectivity index (χ0v) is 10.9. The van der Waals surface area contributed by atoms with Crippen molar-refractivity contribution in [1.29, 1.82) is 0 Å². The van der Waals surface area contributed by atoms with Gasteiger partial charge in [-0.05, 0) is 30.4 Å². The Labute approximate surface area is 106 Å². The van der Waals surface area contributed by atoms with Crippen molar-refractivity contribution in [1.82, 2.24) is 5.32 Å². The predicted octanol–water partition coefficient (Wildman–Crippen LogP) is 2.82. The third-order valence-electron chi connectivity index (χ3n) is 2.44. The standard InChI is InChI=1S/C11H11BrFNOS/c12-7-1-2-10(13)9(5-7)11(15)14-8-3-4-16-6-8/h1-2,5,8H,3-4,6H2,(H,14,15). The fourth-order valence-corrected chi connectivity index (χ4v) is 3.10. The Morgan fingerprint density at radius 3 is 3.06 bits per heavy atom. The molecule has 1 amide bonds. The van der Waals surface area contributed by atoms with Crippen LogP contribution in [-0.2, 0) is 0 Å². The van der Waals surface area contributed by atoms with Crippen LogP contribution in [0.5, 0.6) is 0 Å². The summed E-state index contributed by atoms with van der Waals surface area (Å²) in [5, 5.41) is 2.84. The second-order valence-electron chi connectivity index (χ2n) is 3.66. The molecule has 1 atom stereocenters. The third kappa shape index (κ3) is 2.77. The van der Waals surface area contributed by atoms with E-state index in [4.69, 9.17) is 0 Å². The monoisotopic (exact) mass is 303 g/mol. The molecule has 0 saturated carbocycles. The number of nitrogens with one attached hydrogen (secondary N) is 1. The van der Waals surface area contributed by atoms with E-state index in [1.807, 2.05) is 11.8 Å². The summed E-state index contributed by atoms with van der Waals surface area (Å²) < 4.78 is 14.1. The van der Waals surface area contributed by atoms with Gasteiger partial charge in [0.1, 0.15) is 5.82 Å². The van der Waals surface area contributed by atoms with E-state index in [0.29, 0.717) is 4.47 Å². The summed E-state index contributed by atoms with van der Waals surface area (Å²) in [4.78, 5) is 11.8. The Morgan fingerprint density at radius 1 is 1.56 bits per heavy atom. The van der Waals surface area contributed by atoms with Gasteiger partial charge in [-0.2, -0.15) is 11.8 Å². The van der Waals surface area contributed by atoms with E-state index in [2.05, 4.69) is 21.2 Å². The zero-order chi connectivity index (χ0) is 11.5. The molecule has 1 aliphatic rings. The Kier molecular flexibility index (Phi) is 3.86. The number of rotatable bonds is 2. The number of hydrogen-bond donors (Lipinski definition) is 1. The van der Waals surface area contributed by atoms with Crippen LogP contribution in [0, 0.1) is 5.82 Å². The fraction of sp³-hybridized carbons (Fsp3) is 0.364. The molecule has 1 aromatic carbocycles. The summed E-state index contributed by atoms with van der Waals surface area (Å²) in [5.74, 6) is 1.17. The summed E-state index contributed by atoms with van der Waals surface area (Å²) in [5.41, 5.74) is 0.103. The SMILES string of the molecule is O=C(NC1CCSC1)c1cc(Br)ccc1F. The smallest absolute Gasteiger partial charge is 0.254 e. The molecule has 0 aromatic heterocycles. The second kappa shape index (κ2) is 5.19. The summed E-state index contributed by atoms with van der Waals surface area (Å²) in [7, 11) is 0. The molecule has 1 heterocycles. The lowest BCUT2D eigenvalue weighted by Crippen LogP contribution is -2.35. The molecular formula is C11H11BrFNOS. The second-order valence-corrected chi connectivity index (χ2v) is 5.72. The first kappa shape index (κ1) is 11.9. The Bertz CT molecular complexity index is 407. The van der Waals surface area contributed by atoms with Crippen molar-refractivity contribution in [3.63, 3.8) is 0 Å². The minimum absolute atomic E-state index is 0.103. The number of hydrogen-bond acceptors (Lipinski definition) is 2. The molecule has 1 N–H and O–H groups in total. The van der Waals surface area contributed by atoms with Crippen molar-refractivity contribution < 1.29 is 9.18 Å². The van der Waals surface area contributed by atoms with Crippen LogP contribution in [0.2, 0.25) is 0 Å². The van der Waals surface area contributed by atoms with Crippen LogP contribution in [0.3, 0.4) is 0 Å². The van der Waals surface area contributed by atoms with Gasteiger partial charge in [0.25, 0.3) is 5.91 Å². The molecule has 0 aliphatic carbocycles. The largest absolute Gasteiger partial charge is 0.348 e. The number of thioether (sulfide) groups is 1. The van der Waals surface area contributed by atoms with Gasteiger partial charge in [-0.15, -0.1) is 0 Å². The lowest BCUT2D eigenvalue weighted by atomic mass is 10.1. The van der Waals surface area contributed by atoms with Crippen LogP contribution in [0.15, 0.2) is 22.7 Å². The van der Waals surface area contributed by atoms with Gasteiger partial charge in [0.05, 0.1) is 5.56 Å². The van der Waals surface area contributed by atoms with E-state index >= 15 is 0 Å². The van der Waals surface area contributed by atoms with Crippen LogP contribution in [0.4, 0.5) is 4.39 Å². The molecule has 2 rings (SSSR count). The molecule has 0 bridgehead atoms. The van der Waals surface area contributed by atoms with Crippen molar-refractivity contribution in [2.45, 2.75) is 12.5 Å². The van der Waals surface area contributed by atoms with Gasteiger partial charge < -0.3 is 5.32 Å². The number of amides is 1. The molecular weight excluding hydrogens is 293 g/mol. The minimum atomic E-state index is -0.480. The number of halogens is 2. The van der Waals surface area contributed by atoms with Gasteiger partial charge in [-0.3, -0.25) is 4.79 Å². The highest BCUT2D eigenvalue weighted by Crippen LogP contribution is 2.19. The van der Waals surface area contributed by atoms with Crippen LogP contribution >= 0.6 is 27.7 Å². The first-order valence-corrected chi connectivity index (χ1v) is 6.95. The Hall–Kier alpha value is -0.550. The van der Waals surface area contributed by atoms with Crippen LogP contribution in [0.25, 0.3) is 0 Å². The summed E-state index contributed by atoms with van der Waals surface area (Å²) in [6, 6.07) is 4.56. The third-order valence-corrected chi connectivity index (χ3v) is 4.09. The summed E-state index contributed by atoms with van der Waals surface area (Å²) >= 11 is 5.04. The van der Waals surface area contributed by atoms with Crippen molar-refractivity contribution >= 4 is 33.6 Å². The number of carbonyl (C=O) groups excluding carboxylic acids is 1. The first-order valence-electron chi connectivity index (χ1n) is 5.00. The highest BCUT2D eigenvalue weighted by atomic mass is 79.9. The van der Waals surface area contributed by atoms with Crippen LogP contribution in [-0.4, -0.2) is 23.5 Å². The molecule has 1 aliphatic heterocycles. The van der Waals surface area contributed by atoms with Crippen molar-refractivity contribution in [2.75, 3.05) is 11.5 Å². The normalized spacial score (nSPS) is 19.8. The molecule has 16 heavy (non-hydrogen) atoms. The van der Waals surface area contributed by atoms with Crippen LogP contribution in [0.1, 0.15) is 16.8 Å². The predicted molar refractivity (Wildman–Crippen MR) is 67.3 cm³/mol. The minimum Gasteiger partial charge on any atom is -0.348 e. The lowest BCUT2D eigenvalue weighted by Gasteiger charge is -2.11. The van der Waals surface area contributed by atoms with E-state index in [1.165, 1.54) is 12.1 Å². The van der Waals surface area contributed by atoms with Gasteiger partial charge in [0.15, 0.2) is 0 Å². The fourth-order valence-electron chi connectivity index (χ4n) is 1.58. The molecule has 5 heteroatoms. The van der Waals surface area contributed by atoms with E-state index < -0.39 is 5.82 Å². The van der Waals surface area contributed by atoms with E-state index in [9.17, 15) is 9.18 Å². The molecule has 0 spiro atoms. The summed E-state index contributed by atoms with van der Waals surface area (Å²) in [6.45, 7) is 0. The maximum Gasteiger partial charge on any atom is 0.254 e. The highest BCUT2D eigenvalue weighted by Gasteiger charge is 2.20. The summed E-state index contributed by atoms with van der Waals surface area (Å²) in [6.07, 6.45) is 0.964. The van der Waals surface area contributed by atoms with Gasteiger partial charge in [0.2, 0.25) is 0 Å². The Balaban J connectivity index is 2.10. The highest BCUT2D eigenvalue weighted by molar-refractivity contribution is 9.10. The molecule has 1 fully saturated rings. The van der Waals surface area contributed by atoms with Crippen molar-refractivity contribution in [3.8, 4) is 0 Å². The molecule has 1 aromatic rings. The number of carbonyl (C=O) groups is 1. The molecule has 1 saturated heterocycles. The van der Waals surface area contributed by atoms with E-state index in [-0.39, 0.29) is 17.5 Å². The quantitative estimate of drug-likeness (QED) is 0.910. The van der Waals surface area contributed by atoms with E-state index in [1.54, 1.807) is 6.07 Å². The Morgan fingerprint density at radius 2 is 2.38 bits per heavy atom. The topological polar surface area (TPSA) is 29.1 Å². The first-order chi connectivity index (χ1) is 7.66. The van der Waals surface area contributed by atoms with Crippen molar-refractivity contribution in [3.05, 3.63) is 34.1 Å². The maximum atomic E-state index is 13.4. The zero-order valence-electron chi connectivity index (χ0n) is 8.50. The van der Waals surface area contributed by atoms with Gasteiger partial charge in [-0.1, -0.05) is 15.9 Å². The average Bonchev–Trinajstić information content (AvgIpc) is 2.74. The molecule has 1 unspecified atom stereocenters. The average molecular weight is 304 g/mol. The maximum absolute atomic E-state index is 13.4. The van der Waals surface area contributed by atoms with Crippen LogP contribution < -0.4 is 5.32 Å².